The van der Waals surface area contributed by atoms with Crippen molar-refractivity contribution in [3.63, 3.8) is 0 Å². The number of rotatable bonds is 4. The molecule has 0 aliphatic carbocycles. The van der Waals surface area contributed by atoms with Crippen LogP contribution >= 0.6 is 11.8 Å². The molecule has 2 heterocycles. The number of thioether (sulfide) groups is 1. The van der Waals surface area contributed by atoms with E-state index in [0.29, 0.717) is 6.04 Å². The molecule has 4 heteroatoms. The van der Waals surface area contributed by atoms with Crippen molar-refractivity contribution in [3.05, 3.63) is 18.1 Å². The van der Waals surface area contributed by atoms with Gasteiger partial charge in [0.1, 0.15) is 12.1 Å². The highest BCUT2D eigenvalue weighted by atomic mass is 32.2. The van der Waals surface area contributed by atoms with Crippen molar-refractivity contribution in [2.24, 2.45) is 0 Å². The lowest BCUT2D eigenvalue weighted by Gasteiger charge is -2.11. The molecule has 1 atom stereocenters. The van der Waals surface area contributed by atoms with Crippen LogP contribution in [0.2, 0.25) is 0 Å². The van der Waals surface area contributed by atoms with Gasteiger partial charge >= 0.3 is 0 Å². The highest BCUT2D eigenvalue weighted by molar-refractivity contribution is 7.99. The van der Waals surface area contributed by atoms with Crippen LogP contribution < -0.4 is 5.32 Å². The van der Waals surface area contributed by atoms with E-state index in [1.165, 1.54) is 17.9 Å². The first kappa shape index (κ1) is 10.7. The quantitative estimate of drug-likeness (QED) is 0.850. The van der Waals surface area contributed by atoms with Crippen molar-refractivity contribution >= 4 is 17.6 Å². The third-order valence-corrected chi connectivity index (χ3v) is 3.67. The maximum Gasteiger partial charge on any atom is 0.129 e. The van der Waals surface area contributed by atoms with Gasteiger partial charge in [-0.3, -0.25) is 0 Å². The minimum absolute atomic E-state index is 0.597. The van der Waals surface area contributed by atoms with E-state index in [9.17, 15) is 0 Å². The van der Waals surface area contributed by atoms with Gasteiger partial charge in [0.2, 0.25) is 0 Å². The molecule has 1 fully saturated rings. The first-order chi connectivity index (χ1) is 7.38. The molecule has 1 unspecified atom stereocenters. The van der Waals surface area contributed by atoms with Gasteiger partial charge in [-0.15, -0.1) is 0 Å². The zero-order chi connectivity index (χ0) is 10.5. The molecular weight excluding hydrogens is 206 g/mol. The zero-order valence-corrected chi connectivity index (χ0v) is 9.89. The van der Waals surface area contributed by atoms with Gasteiger partial charge in [0, 0.05) is 23.6 Å². The average Bonchev–Trinajstić information content (AvgIpc) is 2.71. The van der Waals surface area contributed by atoms with E-state index in [0.717, 1.165) is 24.4 Å². The van der Waals surface area contributed by atoms with Crippen LogP contribution in [0, 0.1) is 0 Å². The Labute approximate surface area is 95.1 Å². The lowest BCUT2D eigenvalue weighted by Crippen LogP contribution is -2.19. The first-order valence-corrected chi connectivity index (χ1v) is 6.69. The molecular formula is C11H17N3S. The van der Waals surface area contributed by atoms with Gasteiger partial charge in [0.05, 0.1) is 0 Å². The average molecular weight is 223 g/mol. The van der Waals surface area contributed by atoms with Crippen LogP contribution in [0.25, 0.3) is 0 Å². The van der Waals surface area contributed by atoms with E-state index < -0.39 is 0 Å². The van der Waals surface area contributed by atoms with Crippen molar-refractivity contribution in [2.45, 2.75) is 32.2 Å². The first-order valence-electron chi connectivity index (χ1n) is 5.53. The van der Waals surface area contributed by atoms with Crippen LogP contribution in [-0.4, -0.2) is 27.5 Å². The van der Waals surface area contributed by atoms with Crippen LogP contribution in [0.15, 0.2) is 12.4 Å². The van der Waals surface area contributed by atoms with Crippen molar-refractivity contribution < 1.29 is 0 Å². The Morgan fingerprint density at radius 3 is 3.20 bits per heavy atom. The Bertz CT molecular complexity index is 310. The Balaban J connectivity index is 1.97. The second kappa shape index (κ2) is 5.35. The summed E-state index contributed by atoms with van der Waals surface area (Å²) in [6.07, 6.45) is 5.08. The molecule has 82 valence electrons. The summed E-state index contributed by atoms with van der Waals surface area (Å²) < 4.78 is 0. The molecule has 1 aromatic heterocycles. The topological polar surface area (TPSA) is 37.8 Å². The van der Waals surface area contributed by atoms with Gasteiger partial charge in [-0.2, -0.15) is 11.8 Å². The highest BCUT2D eigenvalue weighted by Gasteiger charge is 2.15. The maximum absolute atomic E-state index is 4.25. The van der Waals surface area contributed by atoms with E-state index in [1.807, 2.05) is 11.8 Å². The molecule has 0 aromatic carbocycles. The van der Waals surface area contributed by atoms with Crippen LogP contribution in [0.4, 0.5) is 5.82 Å². The summed E-state index contributed by atoms with van der Waals surface area (Å²) in [5.74, 6) is 3.46. The van der Waals surface area contributed by atoms with Crippen molar-refractivity contribution in [1.29, 1.82) is 0 Å². The van der Waals surface area contributed by atoms with Crippen LogP contribution in [0.3, 0.4) is 0 Å². The van der Waals surface area contributed by atoms with E-state index >= 15 is 0 Å². The number of nitrogens with zero attached hydrogens (tertiary/aromatic N) is 2. The number of anilines is 1. The normalized spacial score (nSPS) is 20.5. The Morgan fingerprint density at radius 1 is 1.53 bits per heavy atom. The monoisotopic (exact) mass is 223 g/mol. The van der Waals surface area contributed by atoms with E-state index in [4.69, 9.17) is 0 Å². The summed E-state index contributed by atoms with van der Waals surface area (Å²) in [6, 6.07) is 2.67. The molecule has 0 radical (unpaired) electrons. The standard InChI is InChI=1S/C11H17N3S/c1-2-3-9-6-11(13-8-12-9)14-10-4-5-15-7-10/h6,8,10H,2-5,7H2,1H3,(H,12,13,14). The van der Waals surface area contributed by atoms with Crippen molar-refractivity contribution in [3.8, 4) is 0 Å². The molecule has 3 nitrogen and oxygen atoms in total. The van der Waals surface area contributed by atoms with E-state index in [2.05, 4.69) is 28.3 Å². The van der Waals surface area contributed by atoms with Crippen molar-refractivity contribution in [2.75, 3.05) is 16.8 Å². The second-order valence-corrected chi connectivity index (χ2v) is 5.00. The van der Waals surface area contributed by atoms with E-state index in [-0.39, 0.29) is 0 Å². The molecule has 0 amide bonds. The summed E-state index contributed by atoms with van der Waals surface area (Å²) in [7, 11) is 0. The molecule has 2 rings (SSSR count). The third kappa shape index (κ3) is 3.09. The molecule has 15 heavy (non-hydrogen) atoms. The SMILES string of the molecule is CCCc1cc(NC2CCSC2)ncn1. The Kier molecular flexibility index (Phi) is 3.83. The van der Waals surface area contributed by atoms with Gasteiger partial charge in [0.25, 0.3) is 0 Å². The van der Waals surface area contributed by atoms with Gasteiger partial charge < -0.3 is 5.32 Å². The van der Waals surface area contributed by atoms with Crippen LogP contribution in [0.5, 0.6) is 0 Å². The molecule has 0 spiro atoms. The van der Waals surface area contributed by atoms with Crippen molar-refractivity contribution in [1.82, 2.24) is 9.97 Å². The molecule has 1 aliphatic rings. The fraction of sp³-hybridized carbons (Fsp3) is 0.636. The molecule has 1 saturated heterocycles. The summed E-state index contributed by atoms with van der Waals surface area (Å²) in [5, 5.41) is 3.47. The molecule has 1 aromatic rings. The second-order valence-electron chi connectivity index (χ2n) is 3.85. The smallest absolute Gasteiger partial charge is 0.129 e. The lowest BCUT2D eigenvalue weighted by atomic mass is 10.2. The molecule has 0 bridgehead atoms. The largest absolute Gasteiger partial charge is 0.366 e. The van der Waals surface area contributed by atoms with Crippen LogP contribution in [0.1, 0.15) is 25.5 Å². The number of aromatic nitrogens is 2. The Hall–Kier alpha value is -0.770. The fourth-order valence-corrected chi connectivity index (χ4v) is 2.88. The summed E-state index contributed by atoms with van der Waals surface area (Å²) in [6.45, 7) is 2.17. The van der Waals surface area contributed by atoms with Gasteiger partial charge in [-0.25, -0.2) is 9.97 Å². The third-order valence-electron chi connectivity index (χ3n) is 2.51. The molecule has 1 aliphatic heterocycles. The summed E-state index contributed by atoms with van der Waals surface area (Å²) in [5.41, 5.74) is 1.14. The minimum Gasteiger partial charge on any atom is -0.366 e. The highest BCUT2D eigenvalue weighted by Crippen LogP contribution is 2.20. The predicted octanol–water partition coefficient (Wildman–Crippen LogP) is 2.35. The van der Waals surface area contributed by atoms with Gasteiger partial charge in [-0.1, -0.05) is 13.3 Å². The minimum atomic E-state index is 0.597. The fourth-order valence-electron chi connectivity index (χ4n) is 1.73. The summed E-state index contributed by atoms with van der Waals surface area (Å²) >= 11 is 2.01. The number of nitrogens with one attached hydrogen (secondary N) is 1. The van der Waals surface area contributed by atoms with Gasteiger partial charge in [0.15, 0.2) is 0 Å². The number of hydrogen-bond donors (Lipinski definition) is 1. The molecule has 0 saturated carbocycles. The number of hydrogen-bond acceptors (Lipinski definition) is 4. The number of aryl methyl sites for hydroxylation is 1. The van der Waals surface area contributed by atoms with Crippen LogP contribution in [-0.2, 0) is 6.42 Å². The zero-order valence-electron chi connectivity index (χ0n) is 9.07. The predicted molar refractivity (Wildman–Crippen MR) is 65.4 cm³/mol. The molecule has 1 N–H and O–H groups in total. The van der Waals surface area contributed by atoms with E-state index in [1.54, 1.807) is 6.33 Å². The lowest BCUT2D eigenvalue weighted by molar-refractivity contribution is 0.800. The Morgan fingerprint density at radius 2 is 2.47 bits per heavy atom. The summed E-state index contributed by atoms with van der Waals surface area (Å²) in [4.78, 5) is 8.50. The van der Waals surface area contributed by atoms with Gasteiger partial charge in [-0.05, 0) is 18.6 Å². The maximum atomic E-state index is 4.25.